The number of benzene rings is 2. The van der Waals surface area contributed by atoms with E-state index in [9.17, 15) is 19.8 Å². The summed E-state index contributed by atoms with van der Waals surface area (Å²) in [5.41, 5.74) is 6.79. The van der Waals surface area contributed by atoms with Crippen molar-refractivity contribution in [2.75, 3.05) is 0 Å². The maximum Gasteiger partial charge on any atom is 0.336 e. The Labute approximate surface area is 171 Å². The van der Waals surface area contributed by atoms with Crippen molar-refractivity contribution in [2.24, 2.45) is 5.92 Å². The molecule has 4 heteroatoms. The molecule has 0 heterocycles. The summed E-state index contributed by atoms with van der Waals surface area (Å²) in [5.74, 6) is -2.43. The van der Waals surface area contributed by atoms with Gasteiger partial charge in [-0.05, 0) is 97.6 Å². The summed E-state index contributed by atoms with van der Waals surface area (Å²) in [6.07, 6.45) is 9.02. The summed E-state index contributed by atoms with van der Waals surface area (Å²) in [6, 6.07) is 10.2. The Balaban J connectivity index is 1.61. The van der Waals surface area contributed by atoms with Crippen molar-refractivity contribution in [1.82, 2.24) is 0 Å². The molecule has 2 aliphatic carbocycles. The van der Waals surface area contributed by atoms with Crippen LogP contribution in [0.1, 0.15) is 69.4 Å². The first kappa shape index (κ1) is 19.7. The predicted octanol–water partition coefficient (Wildman–Crippen LogP) is 4.63. The number of carbonyl (C=O) groups is 2. The van der Waals surface area contributed by atoms with Crippen LogP contribution in [0, 0.1) is 5.92 Å². The van der Waals surface area contributed by atoms with Crippen LogP contribution < -0.4 is 0 Å². The summed E-state index contributed by atoms with van der Waals surface area (Å²) in [7, 11) is 0. The first-order valence-electron chi connectivity index (χ1n) is 10.7. The third kappa shape index (κ3) is 4.21. The number of aromatic carboxylic acids is 1. The second kappa shape index (κ2) is 8.40. The zero-order chi connectivity index (χ0) is 20.4. The SMILES string of the molecule is O=C(O)c1c(CC(Cc2ccc3c(c2)CCCC3)C(=O)O)ccc2c1CCCC2. The van der Waals surface area contributed by atoms with Crippen LogP contribution in [0.2, 0.25) is 0 Å². The molecule has 2 N–H and O–H groups in total. The maximum absolute atomic E-state index is 12.0. The van der Waals surface area contributed by atoms with Crippen LogP contribution in [-0.4, -0.2) is 22.2 Å². The topological polar surface area (TPSA) is 74.6 Å². The lowest BCUT2D eigenvalue weighted by Crippen LogP contribution is -2.22. The summed E-state index contributed by atoms with van der Waals surface area (Å²) in [6.45, 7) is 0. The van der Waals surface area contributed by atoms with Gasteiger partial charge in [0.05, 0.1) is 11.5 Å². The van der Waals surface area contributed by atoms with Crippen molar-refractivity contribution in [3.8, 4) is 0 Å². The minimum absolute atomic E-state index is 0.251. The van der Waals surface area contributed by atoms with Gasteiger partial charge in [-0.25, -0.2) is 4.79 Å². The van der Waals surface area contributed by atoms with Crippen molar-refractivity contribution in [1.29, 1.82) is 0 Å². The van der Waals surface area contributed by atoms with Crippen LogP contribution in [0.4, 0.5) is 0 Å². The van der Waals surface area contributed by atoms with Gasteiger partial charge >= 0.3 is 11.9 Å². The van der Waals surface area contributed by atoms with E-state index in [4.69, 9.17) is 0 Å². The number of rotatable bonds is 6. The van der Waals surface area contributed by atoms with E-state index >= 15 is 0 Å². The molecule has 1 atom stereocenters. The lowest BCUT2D eigenvalue weighted by Gasteiger charge is -2.22. The largest absolute Gasteiger partial charge is 0.481 e. The molecule has 1 unspecified atom stereocenters. The maximum atomic E-state index is 12.0. The summed E-state index contributed by atoms with van der Waals surface area (Å²) in [5, 5.41) is 19.7. The van der Waals surface area contributed by atoms with Gasteiger partial charge in [0, 0.05) is 0 Å². The van der Waals surface area contributed by atoms with Crippen molar-refractivity contribution >= 4 is 11.9 Å². The third-order valence-electron chi connectivity index (χ3n) is 6.54. The lowest BCUT2D eigenvalue weighted by molar-refractivity contribution is -0.141. The normalized spacial score (nSPS) is 16.6. The summed E-state index contributed by atoms with van der Waals surface area (Å²) in [4.78, 5) is 24.0. The second-order valence-electron chi connectivity index (χ2n) is 8.50. The molecule has 0 radical (unpaired) electrons. The van der Waals surface area contributed by atoms with Gasteiger partial charge < -0.3 is 10.2 Å². The Morgan fingerprint density at radius 2 is 1.45 bits per heavy atom. The Hall–Kier alpha value is -2.62. The molecule has 4 nitrogen and oxygen atoms in total. The van der Waals surface area contributed by atoms with Gasteiger partial charge in [0.15, 0.2) is 0 Å². The minimum atomic E-state index is -0.934. The number of hydrogen-bond donors (Lipinski definition) is 2. The molecule has 29 heavy (non-hydrogen) atoms. The molecule has 152 valence electrons. The molecule has 0 aliphatic heterocycles. The van der Waals surface area contributed by atoms with Crippen LogP contribution in [0.3, 0.4) is 0 Å². The predicted molar refractivity (Wildman–Crippen MR) is 112 cm³/mol. The van der Waals surface area contributed by atoms with E-state index in [1.165, 1.54) is 24.0 Å². The van der Waals surface area contributed by atoms with Gasteiger partial charge in [-0.3, -0.25) is 4.79 Å². The van der Waals surface area contributed by atoms with Crippen LogP contribution in [0.15, 0.2) is 30.3 Å². The first-order chi connectivity index (χ1) is 14.0. The zero-order valence-corrected chi connectivity index (χ0v) is 16.7. The van der Waals surface area contributed by atoms with Crippen molar-refractivity contribution < 1.29 is 19.8 Å². The van der Waals surface area contributed by atoms with Crippen molar-refractivity contribution in [3.05, 3.63) is 69.3 Å². The third-order valence-corrected chi connectivity index (χ3v) is 6.54. The highest BCUT2D eigenvalue weighted by atomic mass is 16.4. The van der Waals surface area contributed by atoms with E-state index in [2.05, 4.69) is 12.1 Å². The van der Waals surface area contributed by atoms with Gasteiger partial charge in [-0.2, -0.15) is 0 Å². The molecule has 0 amide bonds. The van der Waals surface area contributed by atoms with E-state index in [1.54, 1.807) is 0 Å². The molecule has 2 aromatic rings. The number of carboxylic acids is 2. The molecule has 4 rings (SSSR count). The van der Waals surface area contributed by atoms with Gasteiger partial charge in [-0.15, -0.1) is 0 Å². The Kier molecular flexibility index (Phi) is 5.70. The molecule has 0 spiro atoms. The van der Waals surface area contributed by atoms with Gasteiger partial charge in [-0.1, -0.05) is 30.3 Å². The number of carboxylic acid groups (broad SMARTS) is 2. The molecule has 0 saturated heterocycles. The van der Waals surface area contributed by atoms with Crippen LogP contribution in [0.5, 0.6) is 0 Å². The van der Waals surface area contributed by atoms with Crippen LogP contribution in [0.25, 0.3) is 0 Å². The number of fused-ring (bicyclic) bond motifs is 2. The van der Waals surface area contributed by atoms with E-state index in [0.717, 1.165) is 55.2 Å². The van der Waals surface area contributed by atoms with Crippen LogP contribution in [-0.2, 0) is 43.3 Å². The number of aryl methyl sites for hydroxylation is 3. The fraction of sp³-hybridized carbons (Fsp3) is 0.440. The van der Waals surface area contributed by atoms with E-state index in [1.807, 2.05) is 18.2 Å². The highest BCUT2D eigenvalue weighted by Gasteiger charge is 2.26. The Bertz CT molecular complexity index is 944. The summed E-state index contributed by atoms with van der Waals surface area (Å²) >= 11 is 0. The van der Waals surface area contributed by atoms with E-state index in [-0.39, 0.29) is 6.42 Å². The van der Waals surface area contributed by atoms with Gasteiger partial charge in [0.2, 0.25) is 0 Å². The van der Waals surface area contributed by atoms with Crippen LogP contribution >= 0.6 is 0 Å². The lowest BCUT2D eigenvalue weighted by atomic mass is 9.82. The quantitative estimate of drug-likeness (QED) is 0.752. The zero-order valence-electron chi connectivity index (χ0n) is 16.7. The Morgan fingerprint density at radius 1 is 0.793 bits per heavy atom. The average Bonchev–Trinajstić information content (AvgIpc) is 2.72. The fourth-order valence-electron chi connectivity index (χ4n) is 5.02. The highest BCUT2D eigenvalue weighted by Crippen LogP contribution is 2.30. The molecule has 0 fully saturated rings. The summed E-state index contributed by atoms with van der Waals surface area (Å²) < 4.78 is 0. The Morgan fingerprint density at radius 3 is 2.17 bits per heavy atom. The first-order valence-corrected chi connectivity index (χ1v) is 10.7. The monoisotopic (exact) mass is 392 g/mol. The number of aliphatic carboxylic acids is 1. The molecular weight excluding hydrogens is 364 g/mol. The van der Waals surface area contributed by atoms with E-state index in [0.29, 0.717) is 17.5 Å². The molecule has 0 saturated carbocycles. The molecule has 0 bridgehead atoms. The second-order valence-corrected chi connectivity index (χ2v) is 8.50. The average molecular weight is 392 g/mol. The van der Waals surface area contributed by atoms with Crippen molar-refractivity contribution in [2.45, 2.75) is 64.2 Å². The molecule has 0 aromatic heterocycles. The van der Waals surface area contributed by atoms with Crippen molar-refractivity contribution in [3.63, 3.8) is 0 Å². The smallest absolute Gasteiger partial charge is 0.336 e. The molecule has 2 aliphatic rings. The molecular formula is C25H28O4. The van der Waals surface area contributed by atoms with Gasteiger partial charge in [0.25, 0.3) is 0 Å². The number of hydrogen-bond acceptors (Lipinski definition) is 2. The van der Waals surface area contributed by atoms with Gasteiger partial charge in [0.1, 0.15) is 0 Å². The standard InChI is InChI=1S/C25H28O4/c26-24(27)21(14-16-9-10-17-5-1-2-7-19(17)13-16)15-20-12-11-18-6-3-4-8-22(18)23(20)25(28)29/h9-13,21H,1-8,14-15H2,(H,26,27)(H,28,29). The highest BCUT2D eigenvalue weighted by molar-refractivity contribution is 5.92. The minimum Gasteiger partial charge on any atom is -0.481 e. The van der Waals surface area contributed by atoms with E-state index < -0.39 is 17.9 Å². The fourth-order valence-corrected chi connectivity index (χ4v) is 5.02. The molecule has 2 aromatic carbocycles.